The topological polar surface area (TPSA) is 21.3 Å². The van der Waals surface area contributed by atoms with E-state index in [0.29, 0.717) is 29.9 Å². The molecule has 106 valence electrons. The van der Waals surface area contributed by atoms with Crippen LogP contribution >= 0.6 is 15.9 Å². The van der Waals surface area contributed by atoms with Gasteiger partial charge in [-0.15, -0.1) is 0 Å². The molecule has 0 aliphatic heterocycles. The molecule has 0 aliphatic rings. The first-order valence-corrected chi connectivity index (χ1v) is 6.42. The van der Waals surface area contributed by atoms with E-state index >= 15 is 0 Å². The summed E-state index contributed by atoms with van der Waals surface area (Å²) in [6, 6.07) is 3.49. The van der Waals surface area contributed by atoms with Gasteiger partial charge in [-0.1, -0.05) is 12.2 Å². The van der Waals surface area contributed by atoms with E-state index in [1.807, 2.05) is 6.92 Å². The van der Waals surface area contributed by atoms with Gasteiger partial charge in [0.25, 0.3) is 0 Å². The Morgan fingerprint density at radius 1 is 1.42 bits per heavy atom. The van der Waals surface area contributed by atoms with Crippen LogP contribution in [-0.4, -0.2) is 19.8 Å². The summed E-state index contributed by atoms with van der Waals surface area (Å²) < 4.78 is 43.0. The summed E-state index contributed by atoms with van der Waals surface area (Å²) >= 11 is 3.11. The molecule has 1 aromatic rings. The molecule has 0 heterocycles. The van der Waals surface area contributed by atoms with Crippen molar-refractivity contribution in [2.45, 2.75) is 13.1 Å². The van der Waals surface area contributed by atoms with Gasteiger partial charge in [-0.25, -0.2) is 0 Å². The van der Waals surface area contributed by atoms with Crippen LogP contribution in [0.5, 0.6) is 0 Å². The van der Waals surface area contributed by atoms with Crippen LogP contribution in [0.3, 0.4) is 0 Å². The molecule has 0 radical (unpaired) electrons. The fraction of sp³-hybridized carbons (Fsp3) is 0.385. The average Bonchev–Trinajstić information content (AvgIpc) is 2.28. The molecule has 1 N–H and O–H groups in total. The molecule has 0 spiro atoms. The first kappa shape index (κ1) is 16.0. The Balaban J connectivity index is 2.49. The summed E-state index contributed by atoms with van der Waals surface area (Å²) in [6.45, 7) is 7.01. The number of ether oxygens (including phenoxy) is 1. The van der Waals surface area contributed by atoms with Crippen molar-refractivity contribution in [2.24, 2.45) is 0 Å². The summed E-state index contributed by atoms with van der Waals surface area (Å²) in [7, 11) is 0. The Bertz CT molecular complexity index is 446. The van der Waals surface area contributed by atoms with Gasteiger partial charge in [0.2, 0.25) is 0 Å². The third kappa shape index (κ3) is 5.65. The quantitative estimate of drug-likeness (QED) is 0.610. The van der Waals surface area contributed by atoms with Gasteiger partial charge >= 0.3 is 6.18 Å². The van der Waals surface area contributed by atoms with Gasteiger partial charge in [-0.3, -0.25) is 0 Å². The number of benzene rings is 1. The molecule has 0 saturated heterocycles. The fourth-order valence-corrected chi connectivity index (χ4v) is 1.86. The lowest BCUT2D eigenvalue weighted by Crippen LogP contribution is -2.11. The van der Waals surface area contributed by atoms with E-state index in [1.165, 1.54) is 6.07 Å². The van der Waals surface area contributed by atoms with E-state index < -0.39 is 11.7 Å². The maximum Gasteiger partial charge on any atom is 0.416 e. The van der Waals surface area contributed by atoms with Crippen LogP contribution in [0.2, 0.25) is 0 Å². The Kier molecular flexibility index (Phi) is 5.87. The Hall–Kier alpha value is -1.01. The third-order valence-electron chi connectivity index (χ3n) is 2.21. The number of nitrogens with one attached hydrogen (secondary N) is 1. The van der Waals surface area contributed by atoms with E-state index in [0.717, 1.165) is 17.7 Å². The molecule has 0 aliphatic carbocycles. The first-order valence-electron chi connectivity index (χ1n) is 5.63. The number of halogens is 4. The minimum absolute atomic E-state index is 0.377. The zero-order valence-corrected chi connectivity index (χ0v) is 12.1. The molecule has 0 unspecified atom stereocenters. The van der Waals surface area contributed by atoms with Gasteiger partial charge in [0.05, 0.1) is 18.8 Å². The largest absolute Gasteiger partial charge is 0.416 e. The smallest absolute Gasteiger partial charge is 0.382 e. The molecule has 1 aromatic carbocycles. The maximum absolute atomic E-state index is 12.5. The van der Waals surface area contributed by atoms with E-state index in [9.17, 15) is 13.2 Å². The molecule has 19 heavy (non-hydrogen) atoms. The second-order valence-electron chi connectivity index (χ2n) is 4.13. The minimum Gasteiger partial charge on any atom is -0.382 e. The van der Waals surface area contributed by atoms with Crippen molar-refractivity contribution in [3.63, 3.8) is 0 Å². The highest BCUT2D eigenvalue weighted by molar-refractivity contribution is 9.10. The van der Waals surface area contributed by atoms with Crippen LogP contribution < -0.4 is 5.32 Å². The van der Waals surface area contributed by atoms with E-state index in [4.69, 9.17) is 4.74 Å². The molecule has 0 amide bonds. The maximum atomic E-state index is 12.5. The molecule has 2 nitrogen and oxygen atoms in total. The standard InChI is InChI=1S/C13H15BrF3NO/c1-9(2)8-19-6-5-18-12-4-3-10(7-11(12)14)13(15,16)17/h3-4,7,18H,1,5-6,8H2,2H3. The lowest BCUT2D eigenvalue weighted by Gasteiger charge is -2.12. The van der Waals surface area contributed by atoms with Crippen molar-refractivity contribution >= 4 is 21.6 Å². The Morgan fingerprint density at radius 3 is 2.63 bits per heavy atom. The van der Waals surface area contributed by atoms with Crippen LogP contribution in [0, 0.1) is 0 Å². The van der Waals surface area contributed by atoms with Crippen LogP contribution in [-0.2, 0) is 10.9 Å². The highest BCUT2D eigenvalue weighted by atomic mass is 79.9. The van der Waals surface area contributed by atoms with Crippen molar-refractivity contribution < 1.29 is 17.9 Å². The molecule has 0 bridgehead atoms. The highest BCUT2D eigenvalue weighted by Crippen LogP contribution is 2.33. The second kappa shape index (κ2) is 6.96. The van der Waals surface area contributed by atoms with Crippen molar-refractivity contribution in [1.82, 2.24) is 0 Å². The van der Waals surface area contributed by atoms with Crippen LogP contribution in [0.25, 0.3) is 0 Å². The summed E-state index contributed by atoms with van der Waals surface area (Å²) in [6.07, 6.45) is -4.33. The number of rotatable bonds is 6. The molecular weight excluding hydrogens is 323 g/mol. The molecular formula is C13H15BrF3NO. The van der Waals surface area contributed by atoms with E-state index in [2.05, 4.69) is 27.8 Å². The van der Waals surface area contributed by atoms with Crippen LogP contribution in [0.15, 0.2) is 34.8 Å². The van der Waals surface area contributed by atoms with Gasteiger partial charge in [0, 0.05) is 16.7 Å². The predicted octanol–water partition coefficient (Wildman–Crippen LogP) is 4.47. The molecule has 0 fully saturated rings. The van der Waals surface area contributed by atoms with E-state index in [-0.39, 0.29) is 0 Å². The normalized spacial score (nSPS) is 11.4. The highest BCUT2D eigenvalue weighted by Gasteiger charge is 2.30. The van der Waals surface area contributed by atoms with Gasteiger partial charge in [-0.2, -0.15) is 13.2 Å². The van der Waals surface area contributed by atoms with Gasteiger partial charge < -0.3 is 10.1 Å². The fourth-order valence-electron chi connectivity index (χ4n) is 1.34. The Morgan fingerprint density at radius 2 is 2.11 bits per heavy atom. The summed E-state index contributed by atoms with van der Waals surface area (Å²) in [5, 5.41) is 3.00. The predicted molar refractivity (Wildman–Crippen MR) is 73.3 cm³/mol. The lowest BCUT2D eigenvalue weighted by atomic mass is 10.2. The number of hydrogen-bond donors (Lipinski definition) is 1. The number of anilines is 1. The van der Waals surface area contributed by atoms with Crippen molar-refractivity contribution in [2.75, 3.05) is 25.1 Å². The summed E-state index contributed by atoms with van der Waals surface area (Å²) in [4.78, 5) is 0. The number of hydrogen-bond acceptors (Lipinski definition) is 2. The Labute approximate surface area is 118 Å². The average molecular weight is 338 g/mol. The van der Waals surface area contributed by atoms with Crippen LogP contribution in [0.4, 0.5) is 18.9 Å². The van der Waals surface area contributed by atoms with Crippen molar-refractivity contribution in [3.8, 4) is 0 Å². The number of alkyl halides is 3. The van der Waals surface area contributed by atoms with Crippen molar-refractivity contribution in [1.29, 1.82) is 0 Å². The molecule has 0 atom stereocenters. The molecule has 0 saturated carbocycles. The van der Waals surface area contributed by atoms with Gasteiger partial charge in [0.15, 0.2) is 0 Å². The summed E-state index contributed by atoms with van der Waals surface area (Å²) in [5.74, 6) is 0. The van der Waals surface area contributed by atoms with Crippen LogP contribution in [0.1, 0.15) is 12.5 Å². The molecule has 1 rings (SSSR count). The zero-order chi connectivity index (χ0) is 14.5. The summed E-state index contributed by atoms with van der Waals surface area (Å²) in [5.41, 5.74) is 0.853. The molecule has 0 aromatic heterocycles. The van der Waals surface area contributed by atoms with Gasteiger partial charge in [-0.05, 0) is 41.1 Å². The molecule has 6 heteroatoms. The monoisotopic (exact) mass is 337 g/mol. The van der Waals surface area contributed by atoms with E-state index in [1.54, 1.807) is 0 Å². The van der Waals surface area contributed by atoms with Crippen molar-refractivity contribution in [3.05, 3.63) is 40.4 Å². The first-order chi connectivity index (χ1) is 8.80. The lowest BCUT2D eigenvalue weighted by molar-refractivity contribution is -0.137. The second-order valence-corrected chi connectivity index (χ2v) is 4.98. The zero-order valence-electron chi connectivity index (χ0n) is 10.5. The SMILES string of the molecule is C=C(C)COCCNc1ccc(C(F)(F)F)cc1Br. The minimum atomic E-state index is -4.33. The van der Waals surface area contributed by atoms with Gasteiger partial charge in [0.1, 0.15) is 0 Å². The third-order valence-corrected chi connectivity index (χ3v) is 2.86.